The van der Waals surface area contributed by atoms with Crippen molar-refractivity contribution >= 4 is 22.6 Å². The van der Waals surface area contributed by atoms with Crippen molar-refractivity contribution in [2.24, 2.45) is 7.05 Å². The third kappa shape index (κ3) is 5.22. The van der Waals surface area contributed by atoms with E-state index in [1.165, 1.54) is 12.1 Å². The van der Waals surface area contributed by atoms with Gasteiger partial charge in [-0.2, -0.15) is 23.5 Å². The molecule has 0 radical (unpaired) electrons. The number of anilines is 1. The predicted octanol–water partition coefficient (Wildman–Crippen LogP) is 5.61. The van der Waals surface area contributed by atoms with Crippen molar-refractivity contribution in [1.29, 1.82) is 5.26 Å². The molecular formula is C29H19F3N6O. The van der Waals surface area contributed by atoms with Gasteiger partial charge < -0.3 is 5.32 Å². The highest BCUT2D eigenvalue weighted by Gasteiger charge is 2.34. The number of rotatable bonds is 3. The summed E-state index contributed by atoms with van der Waals surface area (Å²) in [4.78, 5) is 17.3. The second-order valence-electron chi connectivity index (χ2n) is 8.77. The Morgan fingerprint density at radius 1 is 1.00 bits per heavy atom. The molecule has 0 spiro atoms. The van der Waals surface area contributed by atoms with E-state index < -0.39 is 23.2 Å². The number of nitrogens with zero attached hydrogens (tertiary/aromatic N) is 5. The van der Waals surface area contributed by atoms with Gasteiger partial charge >= 0.3 is 6.18 Å². The quantitative estimate of drug-likeness (QED) is 0.311. The Morgan fingerprint density at radius 2 is 1.82 bits per heavy atom. The fourth-order valence-electron chi connectivity index (χ4n) is 4.00. The Bertz CT molecular complexity index is 1850. The van der Waals surface area contributed by atoms with Gasteiger partial charge in [0.2, 0.25) is 0 Å². The molecule has 0 fully saturated rings. The number of imidazole rings is 1. The van der Waals surface area contributed by atoms with E-state index in [0.717, 1.165) is 40.1 Å². The van der Waals surface area contributed by atoms with Crippen LogP contribution in [-0.4, -0.2) is 25.2 Å². The Hall–Kier alpha value is -5.35. The van der Waals surface area contributed by atoms with Crippen molar-refractivity contribution in [1.82, 2.24) is 19.3 Å². The lowest BCUT2D eigenvalue weighted by molar-refractivity contribution is -0.137. The summed E-state index contributed by atoms with van der Waals surface area (Å²) in [5.74, 6) is 6.32. The molecule has 7 nitrogen and oxygen atoms in total. The molecule has 0 aliphatic heterocycles. The second-order valence-corrected chi connectivity index (χ2v) is 8.77. The van der Waals surface area contributed by atoms with Gasteiger partial charge in [-0.15, -0.1) is 0 Å². The van der Waals surface area contributed by atoms with Crippen molar-refractivity contribution in [2.45, 2.75) is 13.1 Å². The third-order valence-corrected chi connectivity index (χ3v) is 6.04. The Kier molecular flexibility index (Phi) is 6.39. The number of alkyl halides is 3. The number of carbonyl (C=O) groups is 1. The van der Waals surface area contributed by atoms with E-state index >= 15 is 0 Å². The summed E-state index contributed by atoms with van der Waals surface area (Å²) < 4.78 is 43.4. The van der Waals surface area contributed by atoms with Gasteiger partial charge in [0.1, 0.15) is 6.33 Å². The van der Waals surface area contributed by atoms with E-state index in [1.807, 2.05) is 49.0 Å². The first kappa shape index (κ1) is 25.3. The molecule has 10 heteroatoms. The minimum absolute atomic E-state index is 0.0713. The van der Waals surface area contributed by atoms with Gasteiger partial charge in [0.15, 0.2) is 5.82 Å². The first-order valence-electron chi connectivity index (χ1n) is 11.6. The summed E-state index contributed by atoms with van der Waals surface area (Å²) in [5.41, 5.74) is 2.30. The zero-order valence-corrected chi connectivity index (χ0v) is 20.7. The topological polar surface area (TPSA) is 88.5 Å². The smallest absolute Gasteiger partial charge is 0.322 e. The van der Waals surface area contributed by atoms with Crippen molar-refractivity contribution in [3.05, 3.63) is 107 Å². The van der Waals surface area contributed by atoms with Crippen molar-refractivity contribution in [3.8, 4) is 23.7 Å². The van der Waals surface area contributed by atoms with Crippen LogP contribution >= 0.6 is 0 Å². The van der Waals surface area contributed by atoms with Crippen LogP contribution in [0.4, 0.5) is 18.9 Å². The summed E-state index contributed by atoms with van der Waals surface area (Å²) in [6, 6.07) is 16.9. The number of halogens is 3. The average molecular weight is 525 g/mol. The molecule has 0 aliphatic carbocycles. The lowest BCUT2D eigenvalue weighted by Crippen LogP contribution is -2.14. The molecule has 5 rings (SSSR count). The van der Waals surface area contributed by atoms with Gasteiger partial charge in [0.25, 0.3) is 5.91 Å². The number of fused-ring (bicyclic) bond motifs is 1. The molecule has 0 saturated carbocycles. The minimum Gasteiger partial charge on any atom is -0.322 e. The standard InChI is InChI=1S/C29H19F3N6O/c1-18-3-6-21(28(39)35-23-9-8-22(16-33)24(15-23)29(30,31)32)14-20(18)7-4-19-5-10-26-25(13-19)34-17-38(26)27-11-12-37(2)36-27/h3,5-6,8-15,17H,1-2H3,(H,35,39). The summed E-state index contributed by atoms with van der Waals surface area (Å²) in [6.07, 6.45) is -1.18. The van der Waals surface area contributed by atoms with Crippen LogP contribution in [0.15, 0.2) is 73.2 Å². The van der Waals surface area contributed by atoms with Crippen molar-refractivity contribution < 1.29 is 18.0 Å². The molecule has 39 heavy (non-hydrogen) atoms. The van der Waals surface area contributed by atoms with E-state index in [0.29, 0.717) is 5.56 Å². The average Bonchev–Trinajstić information content (AvgIpc) is 3.53. The highest BCUT2D eigenvalue weighted by Crippen LogP contribution is 2.33. The number of hydrogen-bond donors (Lipinski definition) is 1. The zero-order valence-electron chi connectivity index (χ0n) is 20.7. The van der Waals surface area contributed by atoms with Crippen LogP contribution in [0.25, 0.3) is 16.9 Å². The first-order chi connectivity index (χ1) is 18.6. The van der Waals surface area contributed by atoms with E-state index in [-0.39, 0.29) is 11.3 Å². The number of carbonyl (C=O) groups excluding carboxylic acids is 1. The highest BCUT2D eigenvalue weighted by molar-refractivity contribution is 6.04. The maximum atomic E-state index is 13.3. The molecular weight excluding hydrogens is 505 g/mol. The fourth-order valence-corrected chi connectivity index (χ4v) is 4.00. The van der Waals surface area contributed by atoms with E-state index in [1.54, 1.807) is 29.2 Å². The summed E-state index contributed by atoms with van der Waals surface area (Å²) >= 11 is 0. The number of nitrogens with one attached hydrogen (secondary N) is 1. The van der Waals surface area contributed by atoms with Gasteiger partial charge in [0.05, 0.1) is 28.2 Å². The Labute approximate surface area is 221 Å². The number of benzene rings is 3. The first-order valence-corrected chi connectivity index (χ1v) is 11.6. The van der Waals surface area contributed by atoms with E-state index in [2.05, 4.69) is 27.2 Å². The number of hydrogen-bond acceptors (Lipinski definition) is 4. The number of amides is 1. The lowest BCUT2D eigenvalue weighted by Gasteiger charge is -2.12. The van der Waals surface area contributed by atoms with Crippen LogP contribution in [-0.2, 0) is 13.2 Å². The SMILES string of the molecule is Cc1ccc(C(=O)Nc2ccc(C#N)c(C(F)(F)F)c2)cc1C#Cc1ccc2c(c1)ncn2-c1ccn(C)n1. The molecule has 1 amide bonds. The molecule has 0 saturated heterocycles. The van der Waals surface area contributed by atoms with Crippen LogP contribution < -0.4 is 5.32 Å². The van der Waals surface area contributed by atoms with Crippen LogP contribution in [0.5, 0.6) is 0 Å². The molecule has 5 aromatic rings. The van der Waals surface area contributed by atoms with Crippen molar-refractivity contribution in [2.75, 3.05) is 5.32 Å². The normalized spacial score (nSPS) is 11.1. The fraction of sp³-hybridized carbons (Fsp3) is 0.103. The van der Waals surface area contributed by atoms with Crippen LogP contribution in [0.3, 0.4) is 0 Å². The summed E-state index contributed by atoms with van der Waals surface area (Å²) in [7, 11) is 1.84. The van der Waals surface area contributed by atoms with Crippen LogP contribution in [0, 0.1) is 30.1 Å². The molecule has 0 aliphatic rings. The Balaban J connectivity index is 1.38. The minimum atomic E-state index is -4.72. The third-order valence-electron chi connectivity index (χ3n) is 6.04. The maximum absolute atomic E-state index is 13.3. The molecule has 192 valence electrons. The largest absolute Gasteiger partial charge is 0.417 e. The zero-order chi connectivity index (χ0) is 27.7. The number of aryl methyl sites for hydroxylation is 2. The molecule has 0 unspecified atom stereocenters. The van der Waals surface area contributed by atoms with Gasteiger partial charge in [-0.25, -0.2) is 4.98 Å². The molecule has 1 N–H and O–H groups in total. The van der Waals surface area contributed by atoms with E-state index in [4.69, 9.17) is 5.26 Å². The molecule has 2 heterocycles. The van der Waals surface area contributed by atoms with Gasteiger partial charge in [-0.1, -0.05) is 17.9 Å². The Morgan fingerprint density at radius 3 is 2.54 bits per heavy atom. The molecule has 2 aromatic heterocycles. The van der Waals surface area contributed by atoms with Crippen LogP contribution in [0.1, 0.15) is 38.2 Å². The monoisotopic (exact) mass is 524 g/mol. The van der Waals surface area contributed by atoms with Crippen LogP contribution in [0.2, 0.25) is 0 Å². The summed E-state index contributed by atoms with van der Waals surface area (Å²) in [5, 5.41) is 15.8. The molecule has 0 bridgehead atoms. The van der Waals surface area contributed by atoms with Gasteiger partial charge in [-0.3, -0.25) is 14.0 Å². The number of aromatic nitrogens is 4. The predicted molar refractivity (Wildman–Crippen MR) is 139 cm³/mol. The number of nitriles is 1. The van der Waals surface area contributed by atoms with E-state index in [9.17, 15) is 18.0 Å². The lowest BCUT2D eigenvalue weighted by atomic mass is 10.0. The molecule has 0 atom stereocenters. The second kappa shape index (κ2) is 9.84. The highest BCUT2D eigenvalue weighted by atomic mass is 19.4. The summed E-state index contributed by atoms with van der Waals surface area (Å²) in [6.45, 7) is 1.85. The molecule has 3 aromatic carbocycles. The van der Waals surface area contributed by atoms with Gasteiger partial charge in [-0.05, 0) is 61.0 Å². The van der Waals surface area contributed by atoms with Gasteiger partial charge in [0, 0.05) is 41.7 Å². The van der Waals surface area contributed by atoms with Crippen molar-refractivity contribution in [3.63, 3.8) is 0 Å². The maximum Gasteiger partial charge on any atom is 0.417 e.